The zero-order valence-electron chi connectivity index (χ0n) is 12.1. The van der Waals surface area contributed by atoms with Crippen LogP contribution in [0.25, 0.3) is 0 Å². The summed E-state index contributed by atoms with van der Waals surface area (Å²) in [4.78, 5) is 0. The van der Waals surface area contributed by atoms with Crippen LogP contribution in [0, 0.1) is 0 Å². The van der Waals surface area contributed by atoms with Gasteiger partial charge in [0.1, 0.15) is 6.61 Å². The third-order valence-corrected chi connectivity index (χ3v) is 2.90. The summed E-state index contributed by atoms with van der Waals surface area (Å²) in [6.45, 7) is 5.73. The molecule has 0 aliphatic rings. The Labute approximate surface area is 115 Å². The number of methoxy groups -OCH3 is 1. The fourth-order valence-corrected chi connectivity index (χ4v) is 1.81. The SMILES string of the molecule is CCOc1cccc(CC(N)CC)c1OCCOC. The van der Waals surface area contributed by atoms with E-state index in [1.807, 2.05) is 25.1 Å². The van der Waals surface area contributed by atoms with Crippen molar-refractivity contribution in [3.8, 4) is 11.5 Å². The summed E-state index contributed by atoms with van der Waals surface area (Å²) in [6.07, 6.45) is 1.73. The predicted octanol–water partition coefficient (Wildman–Crippen LogP) is 2.39. The Hall–Kier alpha value is -1.26. The lowest BCUT2D eigenvalue weighted by Crippen LogP contribution is -2.22. The lowest BCUT2D eigenvalue weighted by atomic mass is 10.0. The fraction of sp³-hybridized carbons (Fsp3) is 0.600. The number of benzene rings is 1. The van der Waals surface area contributed by atoms with Crippen LogP contribution in [0.4, 0.5) is 0 Å². The molecule has 108 valence electrons. The van der Waals surface area contributed by atoms with Gasteiger partial charge < -0.3 is 19.9 Å². The minimum atomic E-state index is 0.140. The lowest BCUT2D eigenvalue weighted by Gasteiger charge is -2.17. The third-order valence-electron chi connectivity index (χ3n) is 2.90. The van der Waals surface area contributed by atoms with Crippen LogP contribution in [0.1, 0.15) is 25.8 Å². The second kappa shape index (κ2) is 8.77. The number of ether oxygens (including phenoxy) is 3. The molecule has 0 spiro atoms. The van der Waals surface area contributed by atoms with E-state index in [2.05, 4.69) is 6.92 Å². The van der Waals surface area contributed by atoms with Gasteiger partial charge in [-0.15, -0.1) is 0 Å². The maximum Gasteiger partial charge on any atom is 0.164 e. The summed E-state index contributed by atoms with van der Waals surface area (Å²) >= 11 is 0. The van der Waals surface area contributed by atoms with Gasteiger partial charge in [-0.1, -0.05) is 19.1 Å². The predicted molar refractivity (Wildman–Crippen MR) is 77.0 cm³/mol. The highest BCUT2D eigenvalue weighted by Gasteiger charge is 2.13. The van der Waals surface area contributed by atoms with Gasteiger partial charge in [-0.25, -0.2) is 0 Å². The summed E-state index contributed by atoms with van der Waals surface area (Å²) in [7, 11) is 1.66. The Balaban J connectivity index is 2.89. The molecule has 1 aromatic rings. The molecule has 1 rings (SSSR count). The van der Waals surface area contributed by atoms with E-state index in [9.17, 15) is 0 Å². The Bertz CT molecular complexity index is 368. The number of para-hydroxylation sites is 1. The molecular formula is C15H25NO3. The van der Waals surface area contributed by atoms with Crippen LogP contribution in [0.5, 0.6) is 11.5 Å². The zero-order chi connectivity index (χ0) is 14.1. The van der Waals surface area contributed by atoms with E-state index >= 15 is 0 Å². The van der Waals surface area contributed by atoms with E-state index in [1.165, 1.54) is 0 Å². The molecule has 1 atom stereocenters. The smallest absolute Gasteiger partial charge is 0.164 e. The van der Waals surface area contributed by atoms with Crippen LogP contribution in [0.2, 0.25) is 0 Å². The molecule has 0 aromatic heterocycles. The first-order chi connectivity index (χ1) is 9.22. The van der Waals surface area contributed by atoms with E-state index in [0.29, 0.717) is 19.8 Å². The van der Waals surface area contributed by atoms with Crippen molar-refractivity contribution in [2.24, 2.45) is 5.73 Å². The normalized spacial score (nSPS) is 12.2. The second-order valence-electron chi connectivity index (χ2n) is 4.39. The molecule has 19 heavy (non-hydrogen) atoms. The summed E-state index contributed by atoms with van der Waals surface area (Å²) in [5, 5.41) is 0. The molecule has 0 bridgehead atoms. The third kappa shape index (κ3) is 5.09. The van der Waals surface area contributed by atoms with Crippen LogP contribution >= 0.6 is 0 Å². The first-order valence-corrected chi connectivity index (χ1v) is 6.84. The van der Waals surface area contributed by atoms with Crippen LogP contribution in [-0.2, 0) is 11.2 Å². The summed E-state index contributed by atoms with van der Waals surface area (Å²) < 4.78 is 16.4. The van der Waals surface area contributed by atoms with Crippen molar-refractivity contribution in [3.05, 3.63) is 23.8 Å². The maximum atomic E-state index is 6.03. The van der Waals surface area contributed by atoms with Crippen molar-refractivity contribution in [1.29, 1.82) is 0 Å². The van der Waals surface area contributed by atoms with Crippen LogP contribution < -0.4 is 15.2 Å². The summed E-state index contributed by atoms with van der Waals surface area (Å²) in [6, 6.07) is 6.08. The second-order valence-corrected chi connectivity index (χ2v) is 4.39. The highest BCUT2D eigenvalue weighted by Crippen LogP contribution is 2.32. The first kappa shape index (κ1) is 15.8. The van der Waals surface area contributed by atoms with Crippen molar-refractivity contribution in [2.45, 2.75) is 32.7 Å². The molecule has 0 heterocycles. The van der Waals surface area contributed by atoms with Gasteiger partial charge in [-0.2, -0.15) is 0 Å². The summed E-state index contributed by atoms with van der Waals surface area (Å²) in [5.74, 6) is 1.57. The average Bonchev–Trinajstić information content (AvgIpc) is 2.42. The minimum Gasteiger partial charge on any atom is -0.490 e. The highest BCUT2D eigenvalue weighted by molar-refractivity contribution is 5.47. The van der Waals surface area contributed by atoms with Crippen molar-refractivity contribution in [2.75, 3.05) is 26.9 Å². The molecule has 2 N–H and O–H groups in total. The quantitative estimate of drug-likeness (QED) is 0.698. The van der Waals surface area contributed by atoms with Gasteiger partial charge in [0.2, 0.25) is 0 Å². The van der Waals surface area contributed by atoms with Crippen molar-refractivity contribution < 1.29 is 14.2 Å². The Morgan fingerprint density at radius 2 is 1.95 bits per heavy atom. The summed E-state index contributed by atoms with van der Waals surface area (Å²) in [5.41, 5.74) is 7.13. The Kier molecular flexibility index (Phi) is 7.30. The van der Waals surface area contributed by atoms with E-state index in [0.717, 1.165) is 29.9 Å². The monoisotopic (exact) mass is 267 g/mol. The standard InChI is InChI=1S/C15H25NO3/c1-4-13(16)11-12-7-6-8-14(18-5-2)15(12)19-10-9-17-3/h6-8,13H,4-5,9-11,16H2,1-3H3. The molecule has 1 aromatic carbocycles. The molecule has 0 aliphatic heterocycles. The molecule has 0 saturated heterocycles. The van der Waals surface area contributed by atoms with Crippen molar-refractivity contribution in [1.82, 2.24) is 0 Å². The molecular weight excluding hydrogens is 242 g/mol. The van der Waals surface area contributed by atoms with Gasteiger partial charge in [0.15, 0.2) is 11.5 Å². The molecule has 1 unspecified atom stereocenters. The minimum absolute atomic E-state index is 0.140. The molecule has 0 aliphatic carbocycles. The molecule has 0 fully saturated rings. The van der Waals surface area contributed by atoms with Gasteiger partial charge in [-0.3, -0.25) is 0 Å². The highest BCUT2D eigenvalue weighted by atomic mass is 16.5. The molecule has 0 radical (unpaired) electrons. The van der Waals surface area contributed by atoms with Crippen molar-refractivity contribution >= 4 is 0 Å². The largest absolute Gasteiger partial charge is 0.490 e. The first-order valence-electron chi connectivity index (χ1n) is 6.84. The van der Waals surface area contributed by atoms with Crippen LogP contribution in [0.15, 0.2) is 18.2 Å². The zero-order valence-corrected chi connectivity index (χ0v) is 12.1. The number of nitrogens with two attached hydrogens (primary N) is 1. The van der Waals surface area contributed by atoms with Gasteiger partial charge >= 0.3 is 0 Å². The van der Waals surface area contributed by atoms with Gasteiger partial charge in [0.25, 0.3) is 0 Å². The lowest BCUT2D eigenvalue weighted by molar-refractivity contribution is 0.143. The van der Waals surface area contributed by atoms with E-state index < -0.39 is 0 Å². The maximum absolute atomic E-state index is 6.03. The van der Waals surface area contributed by atoms with E-state index in [4.69, 9.17) is 19.9 Å². The van der Waals surface area contributed by atoms with Gasteiger partial charge in [0, 0.05) is 13.2 Å². The fourth-order valence-electron chi connectivity index (χ4n) is 1.81. The van der Waals surface area contributed by atoms with E-state index in [1.54, 1.807) is 7.11 Å². The van der Waals surface area contributed by atoms with Crippen LogP contribution in [-0.4, -0.2) is 33.0 Å². The Morgan fingerprint density at radius 3 is 2.58 bits per heavy atom. The van der Waals surface area contributed by atoms with E-state index in [-0.39, 0.29) is 6.04 Å². The number of hydrogen-bond acceptors (Lipinski definition) is 4. The molecule has 4 nitrogen and oxygen atoms in total. The molecule has 0 saturated carbocycles. The Morgan fingerprint density at radius 1 is 1.16 bits per heavy atom. The number of hydrogen-bond donors (Lipinski definition) is 1. The van der Waals surface area contributed by atoms with Crippen LogP contribution in [0.3, 0.4) is 0 Å². The van der Waals surface area contributed by atoms with Gasteiger partial charge in [0.05, 0.1) is 13.2 Å². The number of rotatable bonds is 9. The topological polar surface area (TPSA) is 53.7 Å². The molecule has 4 heteroatoms. The average molecular weight is 267 g/mol. The van der Waals surface area contributed by atoms with Crippen molar-refractivity contribution in [3.63, 3.8) is 0 Å². The van der Waals surface area contributed by atoms with Gasteiger partial charge in [-0.05, 0) is 31.4 Å². The molecule has 0 amide bonds.